The van der Waals surface area contributed by atoms with Gasteiger partial charge in [0.25, 0.3) is 0 Å². The molecule has 9 aromatic rings. The van der Waals surface area contributed by atoms with Crippen LogP contribution < -0.4 is 0 Å². The second-order valence-corrected chi connectivity index (χ2v) is 11.9. The fraction of sp³-hybridized carbons (Fsp3) is 0. The second-order valence-electron chi connectivity index (χ2n) is 11.9. The zero-order valence-electron chi connectivity index (χ0n) is 26.4. The summed E-state index contributed by atoms with van der Waals surface area (Å²) in [6.07, 6.45) is 1.81. The van der Waals surface area contributed by atoms with Gasteiger partial charge in [-0.1, -0.05) is 127 Å². The number of nitrogens with zero attached hydrogens (tertiary/aromatic N) is 4. The molecule has 3 aromatic heterocycles. The minimum Gasteiger partial charge on any atom is -0.456 e. The molecule has 0 spiro atoms. The molecule has 0 saturated heterocycles. The molecule has 3 heterocycles. The van der Waals surface area contributed by atoms with Gasteiger partial charge in [0.1, 0.15) is 11.2 Å². The topological polar surface area (TPSA) is 64.7 Å². The van der Waals surface area contributed by atoms with Gasteiger partial charge in [-0.2, -0.15) is 0 Å². The first-order chi connectivity index (χ1) is 24.3. The third-order valence-electron chi connectivity index (χ3n) is 8.83. The van der Waals surface area contributed by atoms with Gasteiger partial charge < -0.3 is 4.42 Å². The minimum atomic E-state index is 0.555. The van der Waals surface area contributed by atoms with E-state index in [2.05, 4.69) is 109 Å². The van der Waals surface area contributed by atoms with Gasteiger partial charge in [-0.05, 0) is 58.7 Å². The highest BCUT2D eigenvalue weighted by Crippen LogP contribution is 2.36. The summed E-state index contributed by atoms with van der Waals surface area (Å²) in [6, 6.07) is 55.7. The normalized spacial score (nSPS) is 11.3. The summed E-state index contributed by atoms with van der Waals surface area (Å²) in [5, 5.41) is 2.11. The van der Waals surface area contributed by atoms with Crippen LogP contribution in [0.4, 0.5) is 0 Å². The highest BCUT2D eigenvalue weighted by Gasteiger charge is 2.18. The van der Waals surface area contributed by atoms with Crippen LogP contribution in [0.3, 0.4) is 0 Å². The third kappa shape index (κ3) is 5.43. The highest BCUT2D eigenvalue weighted by atomic mass is 16.3. The zero-order chi connectivity index (χ0) is 32.6. The summed E-state index contributed by atoms with van der Waals surface area (Å²) in [6.45, 7) is 0. The molecule has 230 valence electrons. The van der Waals surface area contributed by atoms with Crippen LogP contribution >= 0.6 is 0 Å². The average Bonchev–Trinajstić information content (AvgIpc) is 3.57. The molecule has 0 unspecified atom stereocenters. The van der Waals surface area contributed by atoms with Gasteiger partial charge in [0.2, 0.25) is 0 Å². The van der Waals surface area contributed by atoms with E-state index in [0.29, 0.717) is 17.5 Å². The Kier molecular flexibility index (Phi) is 7.06. The van der Waals surface area contributed by atoms with E-state index < -0.39 is 0 Å². The minimum absolute atomic E-state index is 0.555. The lowest BCUT2D eigenvalue weighted by Gasteiger charge is -2.12. The van der Waals surface area contributed by atoms with Crippen molar-refractivity contribution in [3.05, 3.63) is 170 Å². The molecule has 0 aliphatic carbocycles. The van der Waals surface area contributed by atoms with Crippen LogP contribution in [0.5, 0.6) is 0 Å². The van der Waals surface area contributed by atoms with E-state index in [4.69, 9.17) is 24.4 Å². The maximum atomic E-state index is 6.11. The first-order valence-corrected chi connectivity index (χ1v) is 16.2. The molecule has 6 aromatic carbocycles. The van der Waals surface area contributed by atoms with Crippen molar-refractivity contribution in [1.29, 1.82) is 0 Å². The van der Waals surface area contributed by atoms with E-state index in [9.17, 15) is 0 Å². The van der Waals surface area contributed by atoms with Crippen LogP contribution in [-0.4, -0.2) is 19.9 Å². The Labute approximate surface area is 283 Å². The van der Waals surface area contributed by atoms with E-state index >= 15 is 0 Å². The maximum Gasteiger partial charge on any atom is 0.166 e. The summed E-state index contributed by atoms with van der Waals surface area (Å²) in [5.74, 6) is 1.75. The van der Waals surface area contributed by atoms with Gasteiger partial charge in [-0.3, -0.25) is 4.98 Å². The van der Waals surface area contributed by atoms with E-state index in [-0.39, 0.29) is 0 Å². The lowest BCUT2D eigenvalue weighted by atomic mass is 10.0. The van der Waals surface area contributed by atoms with Crippen LogP contribution in [0, 0.1) is 0 Å². The van der Waals surface area contributed by atoms with Crippen molar-refractivity contribution in [3.8, 4) is 67.7 Å². The number of aromatic nitrogens is 4. The molecule has 0 bridgehead atoms. The van der Waals surface area contributed by atoms with Crippen molar-refractivity contribution in [1.82, 2.24) is 19.9 Å². The molecule has 0 fully saturated rings. The van der Waals surface area contributed by atoms with Gasteiger partial charge in [0.05, 0.1) is 5.69 Å². The smallest absolute Gasteiger partial charge is 0.166 e. The lowest BCUT2D eigenvalue weighted by Crippen LogP contribution is -2.01. The van der Waals surface area contributed by atoms with Crippen LogP contribution in [0.25, 0.3) is 89.6 Å². The first-order valence-electron chi connectivity index (χ1n) is 16.2. The summed E-state index contributed by atoms with van der Waals surface area (Å²) in [7, 11) is 0. The van der Waals surface area contributed by atoms with Crippen molar-refractivity contribution in [2.45, 2.75) is 0 Å². The summed E-state index contributed by atoms with van der Waals surface area (Å²) >= 11 is 0. The van der Waals surface area contributed by atoms with Gasteiger partial charge in [-0.15, -0.1) is 0 Å². The molecule has 0 aliphatic heterocycles. The molecule has 0 saturated carbocycles. The molecule has 0 atom stereocenters. The molecular weight excluding hydrogens is 601 g/mol. The molecule has 0 amide bonds. The summed E-state index contributed by atoms with van der Waals surface area (Å²) in [4.78, 5) is 20.0. The van der Waals surface area contributed by atoms with Crippen molar-refractivity contribution in [2.75, 3.05) is 0 Å². The second kappa shape index (κ2) is 12.1. The third-order valence-corrected chi connectivity index (χ3v) is 8.83. The summed E-state index contributed by atoms with van der Waals surface area (Å²) in [5.41, 5.74) is 10.7. The monoisotopic (exact) mass is 628 g/mol. The highest BCUT2D eigenvalue weighted by molar-refractivity contribution is 6.06. The van der Waals surface area contributed by atoms with E-state index in [0.717, 1.165) is 72.1 Å². The Morgan fingerprint density at radius 3 is 1.47 bits per heavy atom. The standard InChI is InChI=1S/C44H28N4O/c1-3-10-29(11-4-1)31-17-21-33(22-18-31)42-46-43(34-23-19-32(20-24-34)30-12-5-2-6-13-30)48-44(47-42)37-15-9-27-45-41(37)35-25-26-40-38(28-35)36-14-7-8-16-39(36)49-40/h1-28H. The molecule has 0 radical (unpaired) electrons. The van der Waals surface area contributed by atoms with E-state index in [1.54, 1.807) is 0 Å². The molecule has 5 heteroatoms. The first kappa shape index (κ1) is 28.5. The fourth-order valence-corrected chi connectivity index (χ4v) is 6.33. The SMILES string of the molecule is c1ccc(-c2ccc(-c3nc(-c4ccc(-c5ccccc5)cc4)nc(-c4cccnc4-c4ccc5oc6ccccc6c5c4)n3)cc2)cc1. The number of para-hydroxylation sites is 1. The van der Waals surface area contributed by atoms with Crippen LogP contribution in [0.15, 0.2) is 174 Å². The average molecular weight is 629 g/mol. The number of fused-ring (bicyclic) bond motifs is 3. The molecule has 49 heavy (non-hydrogen) atoms. The Morgan fingerprint density at radius 2 is 0.837 bits per heavy atom. The van der Waals surface area contributed by atoms with Crippen LogP contribution in [0.2, 0.25) is 0 Å². The number of furan rings is 1. The van der Waals surface area contributed by atoms with Gasteiger partial charge >= 0.3 is 0 Å². The van der Waals surface area contributed by atoms with Crippen molar-refractivity contribution in [2.24, 2.45) is 0 Å². The Bertz CT molecular complexity index is 2480. The number of benzene rings is 6. The molecular formula is C44H28N4O. The van der Waals surface area contributed by atoms with E-state index in [1.807, 2.05) is 60.8 Å². The van der Waals surface area contributed by atoms with Gasteiger partial charge in [0, 0.05) is 39.2 Å². The van der Waals surface area contributed by atoms with Crippen LogP contribution in [0.1, 0.15) is 0 Å². The molecule has 9 rings (SSSR count). The number of hydrogen-bond donors (Lipinski definition) is 0. The summed E-state index contributed by atoms with van der Waals surface area (Å²) < 4.78 is 6.11. The number of pyridine rings is 1. The van der Waals surface area contributed by atoms with Crippen molar-refractivity contribution in [3.63, 3.8) is 0 Å². The van der Waals surface area contributed by atoms with Crippen LogP contribution in [-0.2, 0) is 0 Å². The Morgan fingerprint density at radius 1 is 0.347 bits per heavy atom. The quantitative estimate of drug-likeness (QED) is 0.183. The lowest BCUT2D eigenvalue weighted by molar-refractivity contribution is 0.669. The van der Waals surface area contributed by atoms with Gasteiger partial charge in [0.15, 0.2) is 17.5 Å². The Hall–Kier alpha value is -6.72. The Balaban J connectivity index is 1.18. The molecule has 5 nitrogen and oxygen atoms in total. The number of rotatable bonds is 6. The maximum absolute atomic E-state index is 6.11. The van der Waals surface area contributed by atoms with Gasteiger partial charge in [-0.25, -0.2) is 15.0 Å². The molecule has 0 N–H and O–H groups in total. The molecule has 0 aliphatic rings. The largest absolute Gasteiger partial charge is 0.456 e. The fourth-order valence-electron chi connectivity index (χ4n) is 6.33. The van der Waals surface area contributed by atoms with E-state index in [1.165, 1.54) is 0 Å². The predicted octanol–water partition coefficient (Wildman–Crippen LogP) is 11.2. The number of hydrogen-bond acceptors (Lipinski definition) is 5. The zero-order valence-corrected chi connectivity index (χ0v) is 26.4. The van der Waals surface area contributed by atoms with Crippen molar-refractivity contribution < 1.29 is 4.42 Å². The predicted molar refractivity (Wildman–Crippen MR) is 198 cm³/mol. The van der Waals surface area contributed by atoms with Crippen molar-refractivity contribution >= 4 is 21.9 Å².